The van der Waals surface area contributed by atoms with Gasteiger partial charge in [-0.3, -0.25) is 4.68 Å². The molecule has 2 nitrogen and oxygen atoms in total. The molecule has 1 fully saturated rings. The summed E-state index contributed by atoms with van der Waals surface area (Å²) >= 11 is 3.71. The minimum atomic E-state index is 0.658. The molecule has 1 saturated carbocycles. The molecule has 3 atom stereocenters. The van der Waals surface area contributed by atoms with Gasteiger partial charge in [0.05, 0.1) is 5.69 Å². The molecule has 0 radical (unpaired) electrons. The van der Waals surface area contributed by atoms with Crippen molar-refractivity contribution in [1.82, 2.24) is 9.78 Å². The Labute approximate surface area is 87.5 Å². The van der Waals surface area contributed by atoms with Gasteiger partial charge < -0.3 is 0 Å². The molecule has 2 rings (SSSR count). The van der Waals surface area contributed by atoms with E-state index in [1.807, 2.05) is 17.9 Å². The normalized spacial score (nSPS) is 33.9. The maximum absolute atomic E-state index is 4.47. The monoisotopic (exact) mass is 242 g/mol. The van der Waals surface area contributed by atoms with Gasteiger partial charge in [-0.1, -0.05) is 22.9 Å². The van der Waals surface area contributed by atoms with Gasteiger partial charge in [0, 0.05) is 24.0 Å². The van der Waals surface area contributed by atoms with Crippen LogP contribution in [0.15, 0.2) is 12.3 Å². The van der Waals surface area contributed by atoms with Crippen molar-refractivity contribution in [3.05, 3.63) is 18.0 Å². The Morgan fingerprint density at radius 1 is 1.54 bits per heavy atom. The number of hydrogen-bond donors (Lipinski definition) is 0. The third kappa shape index (κ3) is 1.66. The van der Waals surface area contributed by atoms with Crippen LogP contribution in [-0.4, -0.2) is 14.6 Å². The summed E-state index contributed by atoms with van der Waals surface area (Å²) in [5.74, 6) is 1.38. The maximum atomic E-state index is 4.47. The van der Waals surface area contributed by atoms with E-state index in [2.05, 4.69) is 34.0 Å². The summed E-state index contributed by atoms with van der Waals surface area (Å²) < 4.78 is 1.89. The van der Waals surface area contributed by atoms with E-state index >= 15 is 0 Å². The molecule has 13 heavy (non-hydrogen) atoms. The minimum Gasteiger partial charge on any atom is -0.276 e. The van der Waals surface area contributed by atoms with Crippen molar-refractivity contribution in [3.8, 4) is 0 Å². The lowest BCUT2D eigenvalue weighted by Gasteiger charge is -2.14. The quantitative estimate of drug-likeness (QED) is 0.693. The van der Waals surface area contributed by atoms with Gasteiger partial charge in [-0.15, -0.1) is 0 Å². The summed E-state index contributed by atoms with van der Waals surface area (Å²) in [7, 11) is 1.98. The highest BCUT2D eigenvalue weighted by Gasteiger charge is 2.33. The topological polar surface area (TPSA) is 17.8 Å². The van der Waals surface area contributed by atoms with E-state index in [-0.39, 0.29) is 0 Å². The fourth-order valence-electron chi connectivity index (χ4n) is 2.16. The highest BCUT2D eigenvalue weighted by molar-refractivity contribution is 9.09. The van der Waals surface area contributed by atoms with Gasteiger partial charge in [-0.25, -0.2) is 0 Å². The molecule has 0 bridgehead atoms. The molecule has 0 aliphatic heterocycles. The average Bonchev–Trinajstić information content (AvgIpc) is 2.62. The minimum absolute atomic E-state index is 0.658. The third-order valence-electron chi connectivity index (χ3n) is 3.07. The second kappa shape index (κ2) is 3.45. The van der Waals surface area contributed by atoms with E-state index in [1.54, 1.807) is 0 Å². The fourth-order valence-corrected chi connectivity index (χ4v) is 2.80. The van der Waals surface area contributed by atoms with E-state index in [1.165, 1.54) is 18.5 Å². The van der Waals surface area contributed by atoms with Gasteiger partial charge >= 0.3 is 0 Å². The molecule has 1 aliphatic rings. The summed E-state index contributed by atoms with van der Waals surface area (Å²) in [5.41, 5.74) is 1.26. The number of aryl methyl sites for hydroxylation is 1. The zero-order chi connectivity index (χ0) is 9.42. The Morgan fingerprint density at radius 3 is 2.77 bits per heavy atom. The van der Waals surface area contributed by atoms with Crippen LogP contribution in [0.2, 0.25) is 0 Å². The summed E-state index contributed by atoms with van der Waals surface area (Å²) in [6.45, 7) is 2.31. The molecule has 0 N–H and O–H groups in total. The first kappa shape index (κ1) is 9.25. The summed E-state index contributed by atoms with van der Waals surface area (Å²) in [5, 5.41) is 4.47. The lowest BCUT2D eigenvalue weighted by molar-refractivity contribution is 0.525. The number of aromatic nitrogens is 2. The van der Waals surface area contributed by atoms with E-state index in [0.29, 0.717) is 10.7 Å². The summed E-state index contributed by atoms with van der Waals surface area (Å²) in [6.07, 6.45) is 4.58. The van der Waals surface area contributed by atoms with Gasteiger partial charge in [0.15, 0.2) is 0 Å². The van der Waals surface area contributed by atoms with Crippen molar-refractivity contribution < 1.29 is 0 Å². The van der Waals surface area contributed by atoms with Crippen LogP contribution in [0.1, 0.15) is 31.4 Å². The Kier molecular flexibility index (Phi) is 2.45. The molecule has 3 heteroatoms. The maximum Gasteiger partial charge on any atom is 0.0658 e. The fraction of sp³-hybridized carbons (Fsp3) is 0.700. The van der Waals surface area contributed by atoms with Crippen LogP contribution in [0.5, 0.6) is 0 Å². The van der Waals surface area contributed by atoms with Gasteiger partial charge in [0.1, 0.15) is 0 Å². The van der Waals surface area contributed by atoms with Crippen LogP contribution in [0.3, 0.4) is 0 Å². The van der Waals surface area contributed by atoms with Gasteiger partial charge in [-0.2, -0.15) is 5.10 Å². The van der Waals surface area contributed by atoms with Gasteiger partial charge in [0.2, 0.25) is 0 Å². The number of alkyl halides is 1. The van der Waals surface area contributed by atoms with Crippen LogP contribution in [0, 0.1) is 5.92 Å². The molecule has 3 unspecified atom stereocenters. The first-order valence-corrected chi connectivity index (χ1v) is 5.73. The molecule has 0 saturated heterocycles. The summed E-state index contributed by atoms with van der Waals surface area (Å²) in [4.78, 5) is 0.680. The molecule has 1 aromatic rings. The second-order valence-corrected chi connectivity index (χ2v) is 5.15. The first-order valence-electron chi connectivity index (χ1n) is 4.82. The zero-order valence-corrected chi connectivity index (χ0v) is 9.66. The van der Waals surface area contributed by atoms with E-state index in [0.717, 1.165) is 5.92 Å². The molecule has 0 amide bonds. The predicted octanol–water partition coefficient (Wildman–Crippen LogP) is 2.70. The van der Waals surface area contributed by atoms with Crippen molar-refractivity contribution in [1.29, 1.82) is 0 Å². The lowest BCUT2D eigenvalue weighted by Crippen LogP contribution is -2.09. The van der Waals surface area contributed by atoms with Crippen LogP contribution < -0.4 is 0 Å². The predicted molar refractivity (Wildman–Crippen MR) is 57.1 cm³/mol. The Balaban J connectivity index is 2.18. The Bertz CT molecular complexity index is 295. The number of halogens is 1. The van der Waals surface area contributed by atoms with Crippen LogP contribution in [0.25, 0.3) is 0 Å². The molecular weight excluding hydrogens is 228 g/mol. The Morgan fingerprint density at radius 2 is 2.31 bits per heavy atom. The molecule has 72 valence electrons. The second-order valence-electron chi connectivity index (χ2n) is 3.97. The average molecular weight is 243 g/mol. The molecule has 1 heterocycles. The molecule has 0 spiro atoms. The Hall–Kier alpha value is -0.310. The SMILES string of the molecule is CC1C(Br)CCC1c1ccn(C)n1. The molecule has 1 aromatic heterocycles. The van der Waals surface area contributed by atoms with E-state index < -0.39 is 0 Å². The largest absolute Gasteiger partial charge is 0.276 e. The van der Waals surface area contributed by atoms with Crippen molar-refractivity contribution in [2.24, 2.45) is 13.0 Å². The van der Waals surface area contributed by atoms with Gasteiger partial charge in [0.25, 0.3) is 0 Å². The molecule has 1 aliphatic carbocycles. The lowest BCUT2D eigenvalue weighted by atomic mass is 9.95. The highest BCUT2D eigenvalue weighted by atomic mass is 79.9. The van der Waals surface area contributed by atoms with Crippen LogP contribution >= 0.6 is 15.9 Å². The van der Waals surface area contributed by atoms with E-state index in [4.69, 9.17) is 0 Å². The van der Waals surface area contributed by atoms with E-state index in [9.17, 15) is 0 Å². The first-order chi connectivity index (χ1) is 6.18. The van der Waals surface area contributed by atoms with Gasteiger partial charge in [-0.05, 0) is 24.8 Å². The third-order valence-corrected chi connectivity index (χ3v) is 4.36. The zero-order valence-electron chi connectivity index (χ0n) is 8.07. The van der Waals surface area contributed by atoms with Crippen molar-refractivity contribution in [3.63, 3.8) is 0 Å². The number of rotatable bonds is 1. The number of nitrogens with zero attached hydrogens (tertiary/aromatic N) is 2. The van der Waals surface area contributed by atoms with Crippen molar-refractivity contribution in [2.75, 3.05) is 0 Å². The molecular formula is C10H15BrN2. The van der Waals surface area contributed by atoms with Crippen molar-refractivity contribution >= 4 is 15.9 Å². The highest BCUT2D eigenvalue weighted by Crippen LogP contribution is 2.42. The van der Waals surface area contributed by atoms with Crippen LogP contribution in [-0.2, 0) is 7.05 Å². The van der Waals surface area contributed by atoms with Crippen molar-refractivity contribution in [2.45, 2.75) is 30.5 Å². The summed E-state index contributed by atoms with van der Waals surface area (Å²) in [6, 6.07) is 2.15. The standard InChI is InChI=1S/C10H15BrN2/c1-7-8(3-4-9(7)11)10-5-6-13(2)12-10/h5-9H,3-4H2,1-2H3. The smallest absolute Gasteiger partial charge is 0.0658 e. The molecule has 0 aromatic carbocycles. The number of hydrogen-bond acceptors (Lipinski definition) is 1. The van der Waals surface area contributed by atoms with Crippen LogP contribution in [0.4, 0.5) is 0 Å².